The zero-order valence-electron chi connectivity index (χ0n) is 16.2. The van der Waals surface area contributed by atoms with Crippen molar-refractivity contribution >= 4 is 39.9 Å². The Morgan fingerprint density at radius 1 is 1.00 bits per heavy atom. The number of aromatic nitrogens is 3. The van der Waals surface area contributed by atoms with Crippen molar-refractivity contribution in [2.75, 3.05) is 29.9 Å². The predicted molar refractivity (Wildman–Crippen MR) is 116 cm³/mol. The SMILES string of the molecule is CN1CCN(C(=O)Cc2csc(-c3ccc(F)cc3)n2)c2nc3ccccc3nc21. The summed E-state index contributed by atoms with van der Waals surface area (Å²) in [5, 5.41) is 2.64. The maximum absolute atomic E-state index is 13.2. The van der Waals surface area contributed by atoms with Crippen molar-refractivity contribution < 1.29 is 9.18 Å². The number of nitrogens with zero attached hydrogens (tertiary/aromatic N) is 5. The zero-order chi connectivity index (χ0) is 20.7. The summed E-state index contributed by atoms with van der Waals surface area (Å²) in [6, 6.07) is 13.9. The van der Waals surface area contributed by atoms with Crippen LogP contribution in [-0.4, -0.2) is 41.0 Å². The number of rotatable bonds is 3. The van der Waals surface area contributed by atoms with Gasteiger partial charge in [-0.2, -0.15) is 0 Å². The Bertz CT molecular complexity index is 1240. The molecule has 4 aromatic rings. The minimum absolute atomic E-state index is 0.0649. The van der Waals surface area contributed by atoms with Gasteiger partial charge in [-0.05, 0) is 36.4 Å². The smallest absolute Gasteiger partial charge is 0.234 e. The lowest BCUT2D eigenvalue weighted by atomic mass is 10.2. The van der Waals surface area contributed by atoms with Crippen LogP contribution in [0.1, 0.15) is 5.69 Å². The molecule has 5 rings (SSSR count). The van der Waals surface area contributed by atoms with Gasteiger partial charge in [0.25, 0.3) is 0 Å². The number of anilines is 2. The molecule has 0 atom stereocenters. The van der Waals surface area contributed by atoms with Gasteiger partial charge in [0, 0.05) is 31.1 Å². The van der Waals surface area contributed by atoms with Crippen LogP contribution in [0.5, 0.6) is 0 Å². The molecule has 0 spiro atoms. The average Bonchev–Trinajstić information content (AvgIpc) is 3.22. The van der Waals surface area contributed by atoms with E-state index in [9.17, 15) is 9.18 Å². The van der Waals surface area contributed by atoms with Crippen LogP contribution >= 0.6 is 11.3 Å². The lowest BCUT2D eigenvalue weighted by Crippen LogP contribution is -2.44. The number of para-hydroxylation sites is 2. The Morgan fingerprint density at radius 3 is 2.43 bits per heavy atom. The highest BCUT2D eigenvalue weighted by Gasteiger charge is 2.28. The third-order valence-electron chi connectivity index (χ3n) is 5.09. The molecular weight excluding hydrogens is 401 g/mol. The Labute approximate surface area is 176 Å². The van der Waals surface area contributed by atoms with E-state index < -0.39 is 0 Å². The first-order valence-corrected chi connectivity index (χ1v) is 10.4. The van der Waals surface area contributed by atoms with Crippen LogP contribution in [0.15, 0.2) is 53.9 Å². The van der Waals surface area contributed by atoms with Gasteiger partial charge in [-0.3, -0.25) is 9.69 Å². The molecule has 6 nitrogen and oxygen atoms in total. The van der Waals surface area contributed by atoms with Gasteiger partial charge in [-0.15, -0.1) is 11.3 Å². The van der Waals surface area contributed by atoms with Gasteiger partial charge >= 0.3 is 0 Å². The molecule has 0 fully saturated rings. The Hall–Kier alpha value is -3.39. The highest BCUT2D eigenvalue weighted by Crippen LogP contribution is 2.31. The van der Waals surface area contributed by atoms with Crippen LogP contribution < -0.4 is 9.80 Å². The second-order valence-corrected chi connectivity index (χ2v) is 8.01. The third-order valence-corrected chi connectivity index (χ3v) is 6.03. The van der Waals surface area contributed by atoms with Crippen molar-refractivity contribution in [2.45, 2.75) is 6.42 Å². The van der Waals surface area contributed by atoms with E-state index in [1.165, 1.54) is 23.5 Å². The van der Waals surface area contributed by atoms with Crippen LogP contribution in [0.2, 0.25) is 0 Å². The Kier molecular flexibility index (Phi) is 4.63. The van der Waals surface area contributed by atoms with Crippen LogP contribution in [0.3, 0.4) is 0 Å². The van der Waals surface area contributed by atoms with E-state index in [0.29, 0.717) is 30.4 Å². The molecule has 1 aliphatic heterocycles. The molecule has 2 aromatic carbocycles. The van der Waals surface area contributed by atoms with Crippen molar-refractivity contribution in [3.8, 4) is 10.6 Å². The van der Waals surface area contributed by atoms with Crippen LogP contribution in [0.25, 0.3) is 21.6 Å². The molecule has 1 amide bonds. The van der Waals surface area contributed by atoms with Crippen molar-refractivity contribution in [3.05, 3.63) is 65.4 Å². The maximum atomic E-state index is 13.2. The fraction of sp³-hybridized carbons (Fsp3) is 0.182. The Morgan fingerprint density at radius 2 is 1.70 bits per heavy atom. The van der Waals surface area contributed by atoms with Crippen molar-refractivity contribution in [2.24, 2.45) is 0 Å². The standard InChI is InChI=1S/C22H18FN5OS/c1-27-10-11-28(21-20(27)25-17-4-2-3-5-18(17)26-21)19(29)12-16-13-30-22(24-16)14-6-8-15(23)9-7-14/h2-9,13H,10-12H2,1H3. The zero-order valence-corrected chi connectivity index (χ0v) is 17.1. The summed E-state index contributed by atoms with van der Waals surface area (Å²) in [5.41, 5.74) is 3.10. The van der Waals surface area contributed by atoms with Crippen molar-refractivity contribution in [3.63, 3.8) is 0 Å². The normalized spacial score (nSPS) is 13.5. The number of likely N-dealkylation sites (N-methyl/N-ethyl adjacent to an activating group) is 1. The molecule has 2 aromatic heterocycles. The number of amides is 1. The highest BCUT2D eigenvalue weighted by atomic mass is 32.1. The van der Waals surface area contributed by atoms with Gasteiger partial charge in [0.2, 0.25) is 5.91 Å². The molecule has 0 radical (unpaired) electrons. The molecule has 1 aliphatic rings. The van der Waals surface area contributed by atoms with Gasteiger partial charge in [-0.25, -0.2) is 19.3 Å². The van der Waals surface area contributed by atoms with Gasteiger partial charge in [-0.1, -0.05) is 12.1 Å². The van der Waals surface area contributed by atoms with E-state index in [4.69, 9.17) is 9.97 Å². The maximum Gasteiger partial charge on any atom is 0.234 e. The lowest BCUT2D eigenvalue weighted by molar-refractivity contribution is -0.118. The largest absolute Gasteiger partial charge is 0.355 e. The number of thiazole rings is 1. The number of carbonyl (C=O) groups is 1. The first-order valence-electron chi connectivity index (χ1n) is 9.57. The average molecular weight is 419 g/mol. The number of hydrogen-bond donors (Lipinski definition) is 0. The molecule has 30 heavy (non-hydrogen) atoms. The summed E-state index contributed by atoms with van der Waals surface area (Å²) in [4.78, 5) is 30.8. The summed E-state index contributed by atoms with van der Waals surface area (Å²) in [5.74, 6) is 0.943. The van der Waals surface area contributed by atoms with Gasteiger partial charge in [0.1, 0.15) is 10.8 Å². The second kappa shape index (κ2) is 7.46. The van der Waals surface area contributed by atoms with Gasteiger partial charge in [0.05, 0.1) is 23.1 Å². The van der Waals surface area contributed by atoms with E-state index >= 15 is 0 Å². The lowest BCUT2D eigenvalue weighted by Gasteiger charge is -2.33. The van der Waals surface area contributed by atoms with Gasteiger partial charge < -0.3 is 4.90 Å². The summed E-state index contributed by atoms with van der Waals surface area (Å²) < 4.78 is 13.2. The topological polar surface area (TPSA) is 62.2 Å². The molecule has 0 bridgehead atoms. The van der Waals surface area contributed by atoms with E-state index in [2.05, 4.69) is 4.98 Å². The number of fused-ring (bicyclic) bond motifs is 2. The number of carbonyl (C=O) groups excluding carboxylic acids is 1. The van der Waals surface area contributed by atoms with Crippen LogP contribution in [0, 0.1) is 5.82 Å². The van der Waals surface area contributed by atoms with E-state index in [1.54, 1.807) is 17.0 Å². The molecule has 0 saturated heterocycles. The highest BCUT2D eigenvalue weighted by molar-refractivity contribution is 7.13. The van der Waals surface area contributed by atoms with E-state index in [1.807, 2.05) is 41.6 Å². The number of benzene rings is 2. The minimum Gasteiger partial charge on any atom is -0.355 e. The first kappa shape index (κ1) is 18.6. The summed E-state index contributed by atoms with van der Waals surface area (Å²) in [6.07, 6.45) is 0.176. The first-order chi connectivity index (χ1) is 14.6. The summed E-state index contributed by atoms with van der Waals surface area (Å²) in [6.45, 7) is 1.23. The molecule has 0 N–H and O–H groups in total. The Balaban J connectivity index is 1.42. The van der Waals surface area contributed by atoms with E-state index in [-0.39, 0.29) is 18.1 Å². The minimum atomic E-state index is -0.284. The van der Waals surface area contributed by atoms with Gasteiger partial charge in [0.15, 0.2) is 11.6 Å². The predicted octanol–water partition coefficient (Wildman–Crippen LogP) is 3.92. The molecule has 3 heterocycles. The van der Waals surface area contributed by atoms with E-state index in [0.717, 1.165) is 21.6 Å². The quantitative estimate of drug-likeness (QED) is 0.504. The van der Waals surface area contributed by atoms with Crippen LogP contribution in [0.4, 0.5) is 16.0 Å². The number of halogens is 1. The van der Waals surface area contributed by atoms with Crippen LogP contribution in [-0.2, 0) is 11.2 Å². The molecule has 8 heteroatoms. The van der Waals surface area contributed by atoms with Crippen molar-refractivity contribution in [1.82, 2.24) is 15.0 Å². The number of hydrogen-bond acceptors (Lipinski definition) is 6. The summed E-state index contributed by atoms with van der Waals surface area (Å²) >= 11 is 1.44. The molecule has 0 aliphatic carbocycles. The monoisotopic (exact) mass is 419 g/mol. The molecule has 0 unspecified atom stereocenters. The molecule has 150 valence electrons. The fourth-order valence-electron chi connectivity index (χ4n) is 3.49. The second-order valence-electron chi connectivity index (χ2n) is 7.15. The fourth-order valence-corrected chi connectivity index (χ4v) is 4.31. The summed E-state index contributed by atoms with van der Waals surface area (Å²) in [7, 11) is 1.96. The molecule has 0 saturated carbocycles. The third kappa shape index (κ3) is 3.39. The molecular formula is C22H18FN5OS. The van der Waals surface area contributed by atoms with Crippen molar-refractivity contribution in [1.29, 1.82) is 0 Å².